The van der Waals surface area contributed by atoms with Crippen LogP contribution >= 0.6 is 0 Å². The standard InChI is InChI=1S/C15H11NO4/c17-10-5-6-13(18)9(7-10)8-16-14(19)11-3-1-2-4-12(11)15(16)20/h1-7,17-18H,8H2. The fraction of sp³-hybridized carbons (Fsp3) is 0.0667. The highest BCUT2D eigenvalue weighted by molar-refractivity contribution is 6.21. The molecule has 0 aliphatic carbocycles. The van der Waals surface area contributed by atoms with Crippen molar-refractivity contribution in [2.75, 3.05) is 0 Å². The molecule has 5 nitrogen and oxygen atoms in total. The Kier molecular flexibility index (Phi) is 2.68. The van der Waals surface area contributed by atoms with Crippen LogP contribution in [0.1, 0.15) is 26.3 Å². The zero-order valence-electron chi connectivity index (χ0n) is 10.4. The van der Waals surface area contributed by atoms with Crippen molar-refractivity contribution in [3.8, 4) is 11.5 Å². The van der Waals surface area contributed by atoms with Gasteiger partial charge in [-0.3, -0.25) is 14.5 Å². The Labute approximate surface area is 114 Å². The van der Waals surface area contributed by atoms with Crippen molar-refractivity contribution in [1.29, 1.82) is 0 Å². The first-order valence-corrected chi connectivity index (χ1v) is 6.04. The van der Waals surface area contributed by atoms with Crippen LogP contribution in [0.15, 0.2) is 42.5 Å². The van der Waals surface area contributed by atoms with Crippen LogP contribution in [0.4, 0.5) is 0 Å². The first-order valence-electron chi connectivity index (χ1n) is 6.04. The van der Waals surface area contributed by atoms with Crippen LogP contribution < -0.4 is 0 Å². The van der Waals surface area contributed by atoms with E-state index in [1.165, 1.54) is 18.2 Å². The van der Waals surface area contributed by atoms with Crippen molar-refractivity contribution in [2.24, 2.45) is 0 Å². The molecule has 20 heavy (non-hydrogen) atoms. The second-order valence-electron chi connectivity index (χ2n) is 4.56. The summed E-state index contributed by atoms with van der Waals surface area (Å²) in [6.45, 7) is -0.0768. The SMILES string of the molecule is O=C1c2ccccc2C(=O)N1Cc1cc(O)ccc1O. The highest BCUT2D eigenvalue weighted by Crippen LogP contribution is 2.28. The number of amides is 2. The molecule has 100 valence electrons. The lowest BCUT2D eigenvalue weighted by atomic mass is 10.1. The average Bonchev–Trinajstić information content (AvgIpc) is 2.68. The van der Waals surface area contributed by atoms with Gasteiger partial charge >= 0.3 is 0 Å². The predicted molar refractivity (Wildman–Crippen MR) is 70.4 cm³/mol. The van der Waals surface area contributed by atoms with E-state index in [2.05, 4.69) is 0 Å². The molecule has 0 fully saturated rings. The third-order valence-corrected chi connectivity index (χ3v) is 3.27. The number of carbonyl (C=O) groups is 2. The molecule has 2 aromatic rings. The Morgan fingerprint density at radius 3 is 2.10 bits per heavy atom. The minimum atomic E-state index is -0.395. The van der Waals surface area contributed by atoms with Crippen molar-refractivity contribution in [2.45, 2.75) is 6.54 Å². The smallest absolute Gasteiger partial charge is 0.261 e. The summed E-state index contributed by atoms with van der Waals surface area (Å²) < 4.78 is 0. The van der Waals surface area contributed by atoms with Crippen molar-refractivity contribution in [1.82, 2.24) is 4.90 Å². The number of hydrogen-bond donors (Lipinski definition) is 2. The van der Waals surface area contributed by atoms with Crippen molar-refractivity contribution < 1.29 is 19.8 Å². The molecule has 0 radical (unpaired) electrons. The summed E-state index contributed by atoms with van der Waals surface area (Å²) in [5.74, 6) is -0.893. The van der Waals surface area contributed by atoms with E-state index in [1.807, 2.05) is 0 Å². The zero-order chi connectivity index (χ0) is 14.3. The molecular weight excluding hydrogens is 258 g/mol. The molecule has 2 aromatic carbocycles. The van der Waals surface area contributed by atoms with Crippen LogP contribution in [0.25, 0.3) is 0 Å². The fourth-order valence-electron chi connectivity index (χ4n) is 2.25. The van der Waals surface area contributed by atoms with Gasteiger partial charge in [0, 0.05) is 5.56 Å². The predicted octanol–water partition coefficient (Wildman–Crippen LogP) is 1.89. The Bertz CT molecular complexity index is 689. The summed E-state index contributed by atoms with van der Waals surface area (Å²) in [5.41, 5.74) is 1.04. The van der Waals surface area contributed by atoms with Crippen LogP contribution in [-0.4, -0.2) is 26.9 Å². The van der Waals surface area contributed by atoms with Crippen LogP contribution in [0, 0.1) is 0 Å². The summed E-state index contributed by atoms with van der Waals surface area (Å²) in [6.07, 6.45) is 0. The fourth-order valence-corrected chi connectivity index (χ4v) is 2.25. The molecule has 1 aliphatic heterocycles. The van der Waals surface area contributed by atoms with E-state index in [-0.39, 0.29) is 18.0 Å². The number of imide groups is 1. The van der Waals surface area contributed by atoms with E-state index >= 15 is 0 Å². The van der Waals surface area contributed by atoms with E-state index < -0.39 is 11.8 Å². The van der Waals surface area contributed by atoms with E-state index in [4.69, 9.17) is 0 Å². The number of fused-ring (bicyclic) bond motifs is 1. The quantitative estimate of drug-likeness (QED) is 0.644. The van der Waals surface area contributed by atoms with Crippen LogP contribution in [0.3, 0.4) is 0 Å². The van der Waals surface area contributed by atoms with Crippen molar-refractivity contribution >= 4 is 11.8 Å². The van der Waals surface area contributed by atoms with Crippen molar-refractivity contribution in [3.63, 3.8) is 0 Å². The average molecular weight is 269 g/mol. The third kappa shape index (κ3) is 1.80. The van der Waals surface area contributed by atoms with Gasteiger partial charge < -0.3 is 10.2 Å². The Morgan fingerprint density at radius 2 is 1.50 bits per heavy atom. The van der Waals surface area contributed by atoms with Crippen LogP contribution in [0.5, 0.6) is 11.5 Å². The summed E-state index contributed by atoms with van der Waals surface area (Å²) in [6, 6.07) is 10.6. The molecule has 3 rings (SSSR count). The van der Waals surface area contributed by atoms with Gasteiger partial charge in [-0.2, -0.15) is 0 Å². The maximum Gasteiger partial charge on any atom is 0.261 e. The minimum Gasteiger partial charge on any atom is -0.508 e. The Balaban J connectivity index is 1.96. The van der Waals surface area contributed by atoms with E-state index in [0.717, 1.165) is 4.90 Å². The summed E-state index contributed by atoms with van der Waals surface area (Å²) in [7, 11) is 0. The molecule has 1 heterocycles. The summed E-state index contributed by atoms with van der Waals surface area (Å²) in [5, 5.41) is 19.1. The Hall–Kier alpha value is -2.82. The number of phenolic OH excluding ortho intramolecular Hbond substituents is 2. The first kappa shape index (κ1) is 12.2. The molecule has 2 amide bonds. The second kappa shape index (κ2) is 4.38. The molecule has 2 N–H and O–H groups in total. The minimum absolute atomic E-state index is 0.0330. The van der Waals surface area contributed by atoms with Crippen LogP contribution in [-0.2, 0) is 6.54 Å². The highest BCUT2D eigenvalue weighted by Gasteiger charge is 2.35. The molecule has 0 aromatic heterocycles. The molecular formula is C15H11NO4. The molecule has 1 aliphatic rings. The van der Waals surface area contributed by atoms with Crippen LogP contribution in [0.2, 0.25) is 0 Å². The topological polar surface area (TPSA) is 77.8 Å². The Morgan fingerprint density at radius 1 is 0.900 bits per heavy atom. The van der Waals surface area contributed by atoms with Gasteiger partial charge in [0.1, 0.15) is 11.5 Å². The van der Waals surface area contributed by atoms with Gasteiger partial charge in [-0.25, -0.2) is 0 Å². The third-order valence-electron chi connectivity index (χ3n) is 3.27. The van der Waals surface area contributed by atoms with Crippen molar-refractivity contribution in [3.05, 3.63) is 59.2 Å². The number of nitrogens with zero attached hydrogens (tertiary/aromatic N) is 1. The monoisotopic (exact) mass is 269 g/mol. The molecule has 0 bridgehead atoms. The number of hydrogen-bond acceptors (Lipinski definition) is 4. The normalized spacial score (nSPS) is 13.7. The van der Waals surface area contributed by atoms with E-state index in [0.29, 0.717) is 16.7 Å². The summed E-state index contributed by atoms with van der Waals surface area (Å²) in [4.78, 5) is 25.4. The zero-order valence-corrected chi connectivity index (χ0v) is 10.4. The maximum atomic E-state index is 12.2. The molecule has 0 saturated heterocycles. The highest BCUT2D eigenvalue weighted by atomic mass is 16.3. The summed E-state index contributed by atoms with van der Waals surface area (Å²) >= 11 is 0. The number of rotatable bonds is 2. The lowest BCUT2D eigenvalue weighted by Crippen LogP contribution is -2.29. The molecule has 0 saturated carbocycles. The number of aromatic hydroxyl groups is 2. The second-order valence-corrected chi connectivity index (χ2v) is 4.56. The van der Waals surface area contributed by atoms with Gasteiger partial charge in [0.25, 0.3) is 11.8 Å². The molecule has 0 spiro atoms. The van der Waals surface area contributed by atoms with Gasteiger partial charge in [-0.1, -0.05) is 12.1 Å². The number of benzene rings is 2. The molecule has 5 heteroatoms. The number of phenols is 2. The largest absolute Gasteiger partial charge is 0.508 e. The van der Waals surface area contributed by atoms with Gasteiger partial charge in [0.15, 0.2) is 0 Å². The van der Waals surface area contributed by atoms with E-state index in [1.54, 1.807) is 24.3 Å². The lowest BCUT2D eigenvalue weighted by Gasteiger charge is -2.14. The van der Waals surface area contributed by atoms with Gasteiger partial charge in [0.2, 0.25) is 0 Å². The van der Waals surface area contributed by atoms with Gasteiger partial charge in [-0.05, 0) is 30.3 Å². The van der Waals surface area contributed by atoms with E-state index in [9.17, 15) is 19.8 Å². The molecule has 0 atom stereocenters. The number of carbonyl (C=O) groups excluding carboxylic acids is 2. The van der Waals surface area contributed by atoms with Gasteiger partial charge in [-0.15, -0.1) is 0 Å². The van der Waals surface area contributed by atoms with Gasteiger partial charge in [0.05, 0.1) is 17.7 Å². The molecule has 0 unspecified atom stereocenters. The lowest BCUT2D eigenvalue weighted by molar-refractivity contribution is 0.0641. The first-order chi connectivity index (χ1) is 9.58. The maximum absolute atomic E-state index is 12.2.